The molecule has 0 saturated carbocycles. The van der Waals surface area contributed by atoms with Crippen LogP contribution in [0.3, 0.4) is 0 Å². The summed E-state index contributed by atoms with van der Waals surface area (Å²) >= 11 is 18.7. The standard InChI is InChI=1S/C24H25Cl3N4O3S/c1-35(33,34)15-19-21(14-23(32)29-30-11-3-2-4-12-30)28-31(22-10-9-18(26)13-20(22)27)24(19)16-5-7-17(25)8-6-16/h5-10,13H,2-4,11-12,14-15H2,1H3,(H,29,32). The average Bonchev–Trinajstić information content (AvgIpc) is 3.10. The van der Waals surface area contributed by atoms with E-state index in [-0.39, 0.29) is 18.1 Å². The monoisotopic (exact) mass is 554 g/mol. The van der Waals surface area contributed by atoms with Gasteiger partial charge < -0.3 is 0 Å². The van der Waals surface area contributed by atoms with Gasteiger partial charge in [0.05, 0.1) is 34.3 Å². The molecule has 2 aromatic carbocycles. The normalized spacial score (nSPS) is 14.7. The van der Waals surface area contributed by atoms with Crippen molar-refractivity contribution < 1.29 is 13.2 Å². The molecule has 2 heterocycles. The molecule has 11 heteroatoms. The average molecular weight is 556 g/mol. The molecule has 0 spiro atoms. The number of carbonyl (C=O) groups is 1. The van der Waals surface area contributed by atoms with Crippen molar-refractivity contribution in [2.45, 2.75) is 31.4 Å². The van der Waals surface area contributed by atoms with Crippen LogP contribution < -0.4 is 5.43 Å². The van der Waals surface area contributed by atoms with E-state index in [1.165, 1.54) is 0 Å². The van der Waals surface area contributed by atoms with E-state index in [0.29, 0.717) is 43.3 Å². The number of carbonyl (C=O) groups excluding carboxylic acids is 1. The molecule has 4 rings (SSSR count). The zero-order chi connectivity index (χ0) is 25.2. The molecule has 1 N–H and O–H groups in total. The van der Waals surface area contributed by atoms with Crippen LogP contribution in [0.15, 0.2) is 42.5 Å². The largest absolute Gasteiger partial charge is 0.289 e. The van der Waals surface area contributed by atoms with E-state index in [0.717, 1.165) is 38.6 Å². The molecular formula is C24H25Cl3N4O3S. The molecule has 1 aliphatic rings. The fourth-order valence-corrected chi connectivity index (χ4v) is 5.60. The van der Waals surface area contributed by atoms with Gasteiger partial charge in [0.25, 0.3) is 0 Å². The topological polar surface area (TPSA) is 84.3 Å². The zero-order valence-electron chi connectivity index (χ0n) is 19.1. The zero-order valence-corrected chi connectivity index (χ0v) is 22.2. The summed E-state index contributed by atoms with van der Waals surface area (Å²) in [6.07, 6.45) is 4.25. The Bertz CT molecular complexity index is 1330. The first-order chi connectivity index (χ1) is 16.6. The summed E-state index contributed by atoms with van der Waals surface area (Å²) in [4.78, 5) is 12.9. The van der Waals surface area contributed by atoms with Crippen LogP contribution in [0.4, 0.5) is 0 Å². The summed E-state index contributed by atoms with van der Waals surface area (Å²) in [5.41, 5.74) is 5.45. The highest BCUT2D eigenvalue weighted by molar-refractivity contribution is 7.89. The number of sulfone groups is 1. The molecule has 35 heavy (non-hydrogen) atoms. The van der Waals surface area contributed by atoms with Crippen LogP contribution >= 0.6 is 34.8 Å². The first kappa shape index (κ1) is 26.0. The fraction of sp³-hybridized carbons (Fsp3) is 0.333. The van der Waals surface area contributed by atoms with E-state index in [1.54, 1.807) is 47.1 Å². The van der Waals surface area contributed by atoms with Crippen molar-refractivity contribution in [3.05, 3.63) is 68.8 Å². The first-order valence-corrected chi connectivity index (χ1v) is 14.3. The minimum atomic E-state index is -3.46. The minimum Gasteiger partial charge on any atom is -0.289 e. The predicted octanol–water partition coefficient (Wildman–Crippen LogP) is 5.10. The third-order valence-corrected chi connectivity index (χ3v) is 7.30. The molecule has 7 nitrogen and oxygen atoms in total. The van der Waals surface area contributed by atoms with Crippen molar-refractivity contribution >= 4 is 50.5 Å². The van der Waals surface area contributed by atoms with E-state index in [1.807, 2.05) is 5.01 Å². The van der Waals surface area contributed by atoms with Crippen LogP contribution in [0.5, 0.6) is 0 Å². The van der Waals surface area contributed by atoms with Crippen LogP contribution in [0.1, 0.15) is 30.5 Å². The number of hydrazine groups is 1. The van der Waals surface area contributed by atoms with Gasteiger partial charge in [0.1, 0.15) is 0 Å². The molecule has 1 amide bonds. The predicted molar refractivity (Wildman–Crippen MR) is 140 cm³/mol. The van der Waals surface area contributed by atoms with Crippen molar-refractivity contribution in [3.8, 4) is 16.9 Å². The van der Waals surface area contributed by atoms with Gasteiger partial charge in [-0.25, -0.2) is 18.1 Å². The maximum Gasteiger partial charge on any atom is 0.240 e. The lowest BCUT2D eigenvalue weighted by Gasteiger charge is -2.26. The maximum atomic E-state index is 12.9. The van der Waals surface area contributed by atoms with E-state index in [2.05, 4.69) is 5.43 Å². The van der Waals surface area contributed by atoms with Crippen molar-refractivity contribution in [3.63, 3.8) is 0 Å². The lowest BCUT2D eigenvalue weighted by atomic mass is 10.0. The molecule has 0 atom stereocenters. The number of nitrogens with one attached hydrogen (secondary N) is 1. The van der Waals surface area contributed by atoms with Crippen LogP contribution in [-0.2, 0) is 26.8 Å². The Morgan fingerprint density at radius 1 is 1.00 bits per heavy atom. The van der Waals surface area contributed by atoms with Crippen LogP contribution in [-0.4, -0.2) is 48.5 Å². The SMILES string of the molecule is CS(=O)(=O)Cc1c(CC(=O)NN2CCCCC2)nn(-c2ccc(Cl)cc2Cl)c1-c1ccc(Cl)cc1. The molecule has 0 aliphatic carbocycles. The quantitative estimate of drug-likeness (QED) is 0.438. The van der Waals surface area contributed by atoms with Gasteiger partial charge in [0, 0.05) is 40.5 Å². The number of rotatable bonds is 7. The smallest absolute Gasteiger partial charge is 0.240 e. The summed E-state index contributed by atoms with van der Waals surface area (Å²) in [6, 6.07) is 12.0. The highest BCUT2D eigenvalue weighted by Crippen LogP contribution is 2.34. The van der Waals surface area contributed by atoms with Gasteiger partial charge in [0.2, 0.25) is 5.91 Å². The van der Waals surface area contributed by atoms with E-state index < -0.39 is 9.84 Å². The number of piperidine rings is 1. The summed E-state index contributed by atoms with van der Waals surface area (Å²) in [6.45, 7) is 1.57. The summed E-state index contributed by atoms with van der Waals surface area (Å²) in [5, 5.41) is 7.93. The van der Waals surface area contributed by atoms with Crippen LogP contribution in [0.2, 0.25) is 15.1 Å². The Labute approximate surface area is 219 Å². The second-order valence-corrected chi connectivity index (χ2v) is 12.0. The van der Waals surface area contributed by atoms with Crippen LogP contribution in [0, 0.1) is 0 Å². The third-order valence-electron chi connectivity index (χ3n) is 5.70. The number of aromatic nitrogens is 2. The number of benzene rings is 2. The fourth-order valence-electron chi connectivity index (χ4n) is 4.16. The van der Waals surface area contributed by atoms with Crippen LogP contribution in [0.25, 0.3) is 16.9 Å². The van der Waals surface area contributed by atoms with E-state index in [9.17, 15) is 13.2 Å². The maximum absolute atomic E-state index is 12.9. The van der Waals surface area contributed by atoms with Crippen molar-refractivity contribution in [1.82, 2.24) is 20.2 Å². The molecule has 3 aromatic rings. The molecule has 0 radical (unpaired) electrons. The van der Waals surface area contributed by atoms with E-state index >= 15 is 0 Å². The Balaban J connectivity index is 1.84. The third kappa shape index (κ3) is 6.57. The van der Waals surface area contributed by atoms with Gasteiger partial charge in [-0.3, -0.25) is 10.2 Å². The highest BCUT2D eigenvalue weighted by atomic mass is 35.5. The number of halogens is 3. The van der Waals surface area contributed by atoms with Gasteiger partial charge in [-0.05, 0) is 43.2 Å². The van der Waals surface area contributed by atoms with Gasteiger partial charge in [-0.2, -0.15) is 5.10 Å². The molecule has 1 fully saturated rings. The Morgan fingerprint density at radius 3 is 2.29 bits per heavy atom. The van der Waals surface area contributed by atoms with Gasteiger partial charge in [-0.1, -0.05) is 53.4 Å². The minimum absolute atomic E-state index is 0.0832. The molecule has 0 unspecified atom stereocenters. The Kier molecular flexibility index (Phi) is 8.08. The van der Waals surface area contributed by atoms with Gasteiger partial charge >= 0.3 is 0 Å². The van der Waals surface area contributed by atoms with Gasteiger partial charge in [0.15, 0.2) is 9.84 Å². The summed E-state index contributed by atoms with van der Waals surface area (Å²) < 4.78 is 26.5. The lowest BCUT2D eigenvalue weighted by Crippen LogP contribution is -2.45. The second kappa shape index (κ2) is 10.9. The molecule has 0 bridgehead atoms. The Hall–Kier alpha value is -2.10. The second-order valence-electron chi connectivity index (χ2n) is 8.62. The molecule has 1 aliphatic heterocycles. The number of nitrogens with zero attached hydrogens (tertiary/aromatic N) is 3. The van der Waals surface area contributed by atoms with Crippen molar-refractivity contribution in [2.75, 3.05) is 19.3 Å². The highest BCUT2D eigenvalue weighted by Gasteiger charge is 2.26. The number of hydrogen-bond donors (Lipinski definition) is 1. The molecular weight excluding hydrogens is 531 g/mol. The molecule has 186 valence electrons. The summed E-state index contributed by atoms with van der Waals surface area (Å²) in [7, 11) is -3.46. The summed E-state index contributed by atoms with van der Waals surface area (Å²) in [5.74, 6) is -0.543. The first-order valence-electron chi connectivity index (χ1n) is 11.1. The number of hydrogen-bond acceptors (Lipinski definition) is 5. The van der Waals surface area contributed by atoms with Crippen molar-refractivity contribution in [2.24, 2.45) is 0 Å². The molecule has 1 aromatic heterocycles. The number of amides is 1. The Morgan fingerprint density at radius 2 is 1.66 bits per heavy atom. The molecule has 1 saturated heterocycles. The van der Waals surface area contributed by atoms with Gasteiger partial charge in [-0.15, -0.1) is 0 Å². The van der Waals surface area contributed by atoms with E-state index in [4.69, 9.17) is 39.9 Å². The van der Waals surface area contributed by atoms with Crippen molar-refractivity contribution in [1.29, 1.82) is 0 Å². The lowest BCUT2D eigenvalue weighted by molar-refractivity contribution is -0.125.